The van der Waals surface area contributed by atoms with Gasteiger partial charge in [-0.25, -0.2) is 4.39 Å². The minimum absolute atomic E-state index is 0.0649. The minimum Gasteiger partial charge on any atom is -0.334 e. The number of piperidine rings is 1. The van der Waals surface area contributed by atoms with Crippen LogP contribution in [0.4, 0.5) is 8.78 Å². The van der Waals surface area contributed by atoms with Crippen LogP contribution in [0.3, 0.4) is 0 Å². The molecule has 1 aliphatic heterocycles. The first kappa shape index (κ1) is 20.9. The number of rotatable bonds is 6. The van der Waals surface area contributed by atoms with E-state index in [9.17, 15) is 9.18 Å². The Labute approximate surface area is 168 Å². The predicted octanol–water partition coefficient (Wildman–Crippen LogP) is 2.88. The Balaban J connectivity index is 1.70. The summed E-state index contributed by atoms with van der Waals surface area (Å²) in [5.41, 5.74) is 4.94. The molecule has 1 saturated heterocycles. The molecule has 152 valence electrons. The number of likely N-dealkylation sites (tertiary alicyclic amines) is 1. The van der Waals surface area contributed by atoms with Crippen molar-refractivity contribution in [2.45, 2.75) is 30.6 Å². The second-order valence-electron chi connectivity index (χ2n) is 7.50. The normalized spacial score (nSPS) is 25.4. The van der Waals surface area contributed by atoms with E-state index in [-0.39, 0.29) is 18.9 Å². The molecular weight excluding hydrogens is 386 g/mol. The van der Waals surface area contributed by atoms with Crippen molar-refractivity contribution >= 4 is 28.4 Å². The van der Waals surface area contributed by atoms with Crippen LogP contribution in [0.2, 0.25) is 0 Å². The lowest BCUT2D eigenvalue weighted by Crippen LogP contribution is -2.65. The third kappa shape index (κ3) is 4.26. The van der Waals surface area contributed by atoms with Gasteiger partial charge in [0.25, 0.3) is 5.91 Å². The molecule has 1 amide bonds. The van der Waals surface area contributed by atoms with Crippen LogP contribution in [-0.2, 0) is 0 Å². The van der Waals surface area contributed by atoms with E-state index in [0.717, 1.165) is 5.39 Å². The highest BCUT2D eigenvalue weighted by Crippen LogP contribution is 2.33. The molecule has 4 unspecified atom stereocenters. The molecule has 1 fully saturated rings. The highest BCUT2D eigenvalue weighted by Gasteiger charge is 2.48. The lowest BCUT2D eigenvalue weighted by molar-refractivity contribution is 0.0247. The molecule has 28 heavy (non-hydrogen) atoms. The van der Waals surface area contributed by atoms with Crippen molar-refractivity contribution in [1.29, 1.82) is 0 Å². The van der Waals surface area contributed by atoms with Gasteiger partial charge in [0.1, 0.15) is 6.17 Å². The zero-order valence-corrected chi connectivity index (χ0v) is 16.5. The number of nitrogens with one attached hydrogen (secondary N) is 1. The van der Waals surface area contributed by atoms with Crippen LogP contribution in [0.5, 0.6) is 0 Å². The number of nitrogens with zero attached hydrogens (tertiary/aromatic N) is 2. The van der Waals surface area contributed by atoms with Crippen molar-refractivity contribution in [2.24, 2.45) is 11.7 Å². The van der Waals surface area contributed by atoms with Crippen molar-refractivity contribution in [3.63, 3.8) is 0 Å². The van der Waals surface area contributed by atoms with Crippen LogP contribution in [0.15, 0.2) is 36.5 Å². The lowest BCUT2D eigenvalue weighted by Gasteiger charge is -2.43. The summed E-state index contributed by atoms with van der Waals surface area (Å²) in [6.45, 7) is 2.54. The summed E-state index contributed by atoms with van der Waals surface area (Å²) in [6.07, 6.45) is 0.399. The fourth-order valence-corrected chi connectivity index (χ4v) is 4.03. The van der Waals surface area contributed by atoms with Crippen molar-refractivity contribution in [1.82, 2.24) is 15.2 Å². The van der Waals surface area contributed by atoms with E-state index < -0.39 is 29.8 Å². The van der Waals surface area contributed by atoms with Gasteiger partial charge in [0.05, 0.1) is 23.1 Å². The van der Waals surface area contributed by atoms with E-state index in [1.54, 1.807) is 31.3 Å². The van der Waals surface area contributed by atoms with E-state index in [4.69, 9.17) is 17.3 Å². The molecule has 0 spiro atoms. The van der Waals surface area contributed by atoms with E-state index in [2.05, 4.69) is 10.3 Å². The van der Waals surface area contributed by atoms with Crippen molar-refractivity contribution in [3.8, 4) is 0 Å². The van der Waals surface area contributed by atoms with Crippen LogP contribution < -0.4 is 11.1 Å². The standard InChI is InChI=1S/C20H25ClF2N4O/c1-13(10-22)11-27-9-7-20(23,16(21)12-27)19(24)26-18(28)15-6-2-4-14-5-3-8-25-17(14)15/h2-6,8,13,16,19H,7,9-12,24H2,1H3,(H,26,28). The number of para-hydroxylation sites is 1. The summed E-state index contributed by atoms with van der Waals surface area (Å²) in [5, 5.41) is 2.46. The second kappa shape index (κ2) is 8.68. The maximum Gasteiger partial charge on any atom is 0.254 e. The largest absolute Gasteiger partial charge is 0.334 e. The fourth-order valence-electron chi connectivity index (χ4n) is 3.59. The number of fused-ring (bicyclic) bond motifs is 1. The van der Waals surface area contributed by atoms with Gasteiger partial charge in [0.2, 0.25) is 0 Å². The third-order valence-electron chi connectivity index (χ3n) is 5.26. The Kier molecular flexibility index (Phi) is 6.47. The number of carbonyl (C=O) groups is 1. The molecule has 4 atom stereocenters. The molecule has 0 saturated carbocycles. The van der Waals surface area contributed by atoms with E-state index in [0.29, 0.717) is 24.2 Å². The first-order valence-electron chi connectivity index (χ1n) is 9.36. The highest BCUT2D eigenvalue weighted by atomic mass is 35.5. The second-order valence-corrected chi connectivity index (χ2v) is 8.02. The van der Waals surface area contributed by atoms with E-state index in [1.165, 1.54) is 0 Å². The van der Waals surface area contributed by atoms with Gasteiger partial charge in [0, 0.05) is 31.2 Å². The Morgan fingerprint density at radius 2 is 2.21 bits per heavy atom. The molecule has 0 bridgehead atoms. The molecule has 3 N–H and O–H groups in total. The molecule has 2 aromatic rings. The number of aromatic nitrogens is 1. The van der Waals surface area contributed by atoms with Gasteiger partial charge in [-0.3, -0.25) is 14.2 Å². The average molecular weight is 411 g/mol. The van der Waals surface area contributed by atoms with Crippen LogP contribution in [0.1, 0.15) is 23.7 Å². The topological polar surface area (TPSA) is 71.2 Å². The number of carbonyl (C=O) groups excluding carboxylic acids is 1. The Bertz CT molecular complexity index is 833. The molecule has 0 radical (unpaired) electrons. The van der Waals surface area contributed by atoms with Gasteiger partial charge in [-0.2, -0.15) is 0 Å². The van der Waals surface area contributed by atoms with E-state index in [1.807, 2.05) is 17.0 Å². The molecule has 1 aromatic carbocycles. The number of benzene rings is 1. The summed E-state index contributed by atoms with van der Waals surface area (Å²) in [7, 11) is 0. The maximum absolute atomic E-state index is 15.6. The molecular formula is C20H25ClF2N4O. The minimum atomic E-state index is -1.95. The fraction of sp³-hybridized carbons (Fsp3) is 0.500. The summed E-state index contributed by atoms with van der Waals surface area (Å²) < 4.78 is 28.3. The van der Waals surface area contributed by atoms with Crippen LogP contribution in [0, 0.1) is 5.92 Å². The quantitative estimate of drug-likeness (QED) is 0.567. The SMILES string of the molecule is CC(CF)CN1CCC(F)(C(N)NC(=O)c2cccc3cccnc23)C(Cl)C1. The number of hydrogen-bond donors (Lipinski definition) is 2. The smallest absolute Gasteiger partial charge is 0.254 e. The van der Waals surface area contributed by atoms with Gasteiger partial charge in [-0.1, -0.05) is 25.1 Å². The molecule has 8 heteroatoms. The van der Waals surface area contributed by atoms with E-state index >= 15 is 4.39 Å². The summed E-state index contributed by atoms with van der Waals surface area (Å²) in [4.78, 5) is 18.9. The molecule has 0 aliphatic carbocycles. The van der Waals surface area contributed by atoms with Crippen molar-refractivity contribution in [2.75, 3.05) is 26.3 Å². The molecule has 1 aromatic heterocycles. The molecule has 3 rings (SSSR count). The first-order chi connectivity index (χ1) is 13.3. The predicted molar refractivity (Wildman–Crippen MR) is 107 cm³/mol. The zero-order valence-electron chi connectivity index (χ0n) is 15.7. The maximum atomic E-state index is 15.6. The highest BCUT2D eigenvalue weighted by molar-refractivity contribution is 6.21. The van der Waals surface area contributed by atoms with Crippen molar-refractivity contribution in [3.05, 3.63) is 42.1 Å². The Hall–Kier alpha value is -1.83. The number of pyridine rings is 1. The number of amides is 1. The summed E-state index contributed by atoms with van der Waals surface area (Å²) in [5.74, 6) is -0.630. The monoisotopic (exact) mass is 410 g/mol. The lowest BCUT2D eigenvalue weighted by atomic mass is 9.89. The average Bonchev–Trinajstić information content (AvgIpc) is 2.70. The number of hydrogen-bond acceptors (Lipinski definition) is 4. The van der Waals surface area contributed by atoms with Gasteiger partial charge in [-0.15, -0.1) is 11.6 Å². The Morgan fingerprint density at radius 1 is 1.46 bits per heavy atom. The van der Waals surface area contributed by atoms with Gasteiger partial charge >= 0.3 is 0 Å². The molecule has 2 heterocycles. The number of halogens is 3. The summed E-state index contributed by atoms with van der Waals surface area (Å²) >= 11 is 6.31. The van der Waals surface area contributed by atoms with Gasteiger partial charge in [0.15, 0.2) is 5.67 Å². The Morgan fingerprint density at radius 3 is 2.93 bits per heavy atom. The third-order valence-corrected chi connectivity index (χ3v) is 5.77. The van der Waals surface area contributed by atoms with Gasteiger partial charge < -0.3 is 16.0 Å². The van der Waals surface area contributed by atoms with Crippen LogP contribution in [-0.4, -0.2) is 59.3 Å². The number of nitrogens with two attached hydrogens (primary N) is 1. The summed E-state index contributed by atoms with van der Waals surface area (Å²) in [6, 6.07) is 8.84. The van der Waals surface area contributed by atoms with Crippen LogP contribution >= 0.6 is 11.6 Å². The van der Waals surface area contributed by atoms with Gasteiger partial charge in [-0.05, 0) is 24.5 Å². The first-order valence-corrected chi connectivity index (χ1v) is 9.80. The van der Waals surface area contributed by atoms with Crippen molar-refractivity contribution < 1.29 is 13.6 Å². The number of alkyl halides is 3. The molecule has 1 aliphatic rings. The zero-order chi connectivity index (χ0) is 20.3. The van der Waals surface area contributed by atoms with Crippen LogP contribution in [0.25, 0.3) is 10.9 Å². The molecule has 5 nitrogen and oxygen atoms in total.